The summed E-state index contributed by atoms with van der Waals surface area (Å²) in [5, 5.41) is 10.9. The van der Waals surface area contributed by atoms with Gasteiger partial charge in [-0.2, -0.15) is 5.10 Å². The number of benzene rings is 1. The van der Waals surface area contributed by atoms with Crippen LogP contribution in [0, 0.1) is 6.92 Å². The second-order valence-electron chi connectivity index (χ2n) is 7.03. The summed E-state index contributed by atoms with van der Waals surface area (Å²) in [4.78, 5) is 12.6. The number of nitrogens with zero attached hydrogens (tertiary/aromatic N) is 2. The van der Waals surface area contributed by atoms with E-state index in [-0.39, 0.29) is 23.7 Å². The monoisotopic (exact) mass is 364 g/mol. The molecule has 2 aromatic rings. The third-order valence-corrected chi connectivity index (χ3v) is 3.81. The standard InChI is InChI=1S/C19H28N4O.ClH/c1-6-20-11-12-21-18(24)16-13-23(22-17(16)19(3,4)5)15-9-7-14(2)8-10-15;/h7-10,13,20H,6,11-12H2,1-5H3,(H,21,24);1H. The number of halogens is 1. The summed E-state index contributed by atoms with van der Waals surface area (Å²) in [5.41, 5.74) is 3.40. The van der Waals surface area contributed by atoms with Crippen molar-refractivity contribution >= 4 is 18.3 Å². The van der Waals surface area contributed by atoms with Gasteiger partial charge in [-0.25, -0.2) is 4.68 Å². The van der Waals surface area contributed by atoms with Gasteiger partial charge in [0.05, 0.1) is 16.9 Å². The van der Waals surface area contributed by atoms with Crippen LogP contribution in [0.2, 0.25) is 0 Å². The molecule has 0 spiro atoms. The number of aromatic nitrogens is 2. The first-order chi connectivity index (χ1) is 11.3. The molecule has 0 unspecified atom stereocenters. The Morgan fingerprint density at radius 2 is 1.80 bits per heavy atom. The number of amides is 1. The first-order valence-electron chi connectivity index (χ1n) is 8.49. The normalized spacial score (nSPS) is 11.1. The van der Waals surface area contributed by atoms with E-state index in [0.717, 1.165) is 24.5 Å². The zero-order chi connectivity index (χ0) is 17.7. The average Bonchev–Trinajstić information content (AvgIpc) is 2.98. The number of nitrogens with one attached hydrogen (secondary N) is 2. The molecule has 0 aliphatic carbocycles. The molecule has 25 heavy (non-hydrogen) atoms. The number of likely N-dealkylation sites (N-methyl/N-ethyl adjacent to an activating group) is 1. The van der Waals surface area contributed by atoms with Crippen LogP contribution < -0.4 is 10.6 Å². The van der Waals surface area contributed by atoms with Gasteiger partial charge in [0.1, 0.15) is 0 Å². The summed E-state index contributed by atoms with van der Waals surface area (Å²) in [5.74, 6) is -0.0730. The molecule has 2 N–H and O–H groups in total. The summed E-state index contributed by atoms with van der Waals surface area (Å²) < 4.78 is 1.79. The highest BCUT2D eigenvalue weighted by molar-refractivity contribution is 5.95. The number of carbonyl (C=O) groups excluding carboxylic acids is 1. The first kappa shape index (κ1) is 21.2. The Bertz CT molecular complexity index is 686. The van der Waals surface area contributed by atoms with E-state index in [1.54, 1.807) is 4.68 Å². The number of rotatable bonds is 6. The summed E-state index contributed by atoms with van der Waals surface area (Å²) in [7, 11) is 0. The number of hydrogen-bond donors (Lipinski definition) is 2. The molecule has 1 aromatic carbocycles. The Balaban J connectivity index is 0.00000312. The molecule has 1 heterocycles. The van der Waals surface area contributed by atoms with E-state index in [2.05, 4.69) is 43.4 Å². The SMILES string of the molecule is CCNCCNC(=O)c1cn(-c2ccc(C)cc2)nc1C(C)(C)C.Cl. The highest BCUT2D eigenvalue weighted by Gasteiger charge is 2.26. The van der Waals surface area contributed by atoms with Crippen LogP contribution in [0.5, 0.6) is 0 Å². The molecular formula is C19H29ClN4O. The van der Waals surface area contributed by atoms with Crippen molar-refractivity contribution in [3.63, 3.8) is 0 Å². The molecule has 0 bridgehead atoms. The molecule has 1 amide bonds. The van der Waals surface area contributed by atoms with Crippen molar-refractivity contribution in [1.29, 1.82) is 0 Å². The Hall–Kier alpha value is -1.85. The first-order valence-corrected chi connectivity index (χ1v) is 8.49. The molecule has 0 saturated carbocycles. The minimum absolute atomic E-state index is 0. The van der Waals surface area contributed by atoms with Crippen molar-refractivity contribution < 1.29 is 4.79 Å². The Morgan fingerprint density at radius 3 is 2.36 bits per heavy atom. The van der Waals surface area contributed by atoms with Crippen molar-refractivity contribution in [3.8, 4) is 5.69 Å². The van der Waals surface area contributed by atoms with Crippen LogP contribution in [-0.2, 0) is 5.41 Å². The molecule has 0 fully saturated rings. The van der Waals surface area contributed by atoms with E-state index < -0.39 is 0 Å². The predicted molar refractivity (Wildman–Crippen MR) is 105 cm³/mol. The van der Waals surface area contributed by atoms with Crippen LogP contribution in [0.25, 0.3) is 5.69 Å². The minimum atomic E-state index is -0.204. The van der Waals surface area contributed by atoms with Crippen molar-refractivity contribution in [1.82, 2.24) is 20.4 Å². The van der Waals surface area contributed by atoms with Gasteiger partial charge >= 0.3 is 0 Å². The number of aryl methyl sites for hydroxylation is 1. The lowest BCUT2D eigenvalue weighted by Gasteiger charge is -2.17. The Labute approximate surface area is 156 Å². The van der Waals surface area contributed by atoms with Crippen LogP contribution in [0.15, 0.2) is 30.5 Å². The summed E-state index contributed by atoms with van der Waals surface area (Å²) >= 11 is 0. The van der Waals surface area contributed by atoms with Gasteiger partial charge in [-0.15, -0.1) is 12.4 Å². The molecule has 1 aromatic heterocycles. The van der Waals surface area contributed by atoms with Crippen molar-refractivity contribution in [2.75, 3.05) is 19.6 Å². The molecule has 0 radical (unpaired) electrons. The summed E-state index contributed by atoms with van der Waals surface area (Å²) in [6.45, 7) is 12.6. The number of carbonyl (C=O) groups is 1. The zero-order valence-corrected chi connectivity index (χ0v) is 16.5. The smallest absolute Gasteiger partial charge is 0.254 e. The van der Waals surface area contributed by atoms with E-state index >= 15 is 0 Å². The van der Waals surface area contributed by atoms with Crippen molar-refractivity contribution in [2.45, 2.75) is 40.0 Å². The molecular weight excluding hydrogens is 336 g/mol. The highest BCUT2D eigenvalue weighted by Crippen LogP contribution is 2.25. The van der Waals surface area contributed by atoms with Gasteiger partial charge in [-0.1, -0.05) is 45.4 Å². The van der Waals surface area contributed by atoms with Crippen LogP contribution in [0.4, 0.5) is 0 Å². The van der Waals surface area contributed by atoms with Gasteiger partial charge in [-0.3, -0.25) is 4.79 Å². The van der Waals surface area contributed by atoms with Crippen molar-refractivity contribution in [2.24, 2.45) is 0 Å². The molecule has 5 nitrogen and oxygen atoms in total. The maximum absolute atomic E-state index is 12.6. The summed E-state index contributed by atoms with van der Waals surface area (Å²) in [6.07, 6.45) is 1.83. The fourth-order valence-electron chi connectivity index (χ4n) is 2.46. The van der Waals surface area contributed by atoms with E-state index in [1.807, 2.05) is 37.4 Å². The fourth-order valence-corrected chi connectivity index (χ4v) is 2.46. The molecule has 2 rings (SSSR count). The molecule has 0 aliphatic rings. The molecule has 6 heteroatoms. The molecule has 0 saturated heterocycles. The van der Waals surface area contributed by atoms with Crippen molar-refractivity contribution in [3.05, 3.63) is 47.3 Å². The van der Waals surface area contributed by atoms with Crippen LogP contribution in [0.1, 0.15) is 49.3 Å². The van der Waals surface area contributed by atoms with Crippen LogP contribution in [-0.4, -0.2) is 35.3 Å². The maximum atomic E-state index is 12.6. The largest absolute Gasteiger partial charge is 0.351 e. The highest BCUT2D eigenvalue weighted by atomic mass is 35.5. The second-order valence-corrected chi connectivity index (χ2v) is 7.03. The van der Waals surface area contributed by atoms with Gasteiger partial charge in [-0.05, 0) is 25.6 Å². The lowest BCUT2D eigenvalue weighted by atomic mass is 9.89. The van der Waals surface area contributed by atoms with Gasteiger partial charge in [0.15, 0.2) is 0 Å². The van der Waals surface area contributed by atoms with E-state index in [9.17, 15) is 4.79 Å². The third kappa shape index (κ3) is 5.58. The second kappa shape index (κ2) is 9.02. The van der Waals surface area contributed by atoms with Gasteiger partial charge < -0.3 is 10.6 Å². The average molecular weight is 365 g/mol. The predicted octanol–water partition coefficient (Wildman–Crippen LogP) is 3.24. The summed E-state index contributed by atoms with van der Waals surface area (Å²) in [6, 6.07) is 8.12. The van der Waals surface area contributed by atoms with Gasteiger partial charge in [0.2, 0.25) is 0 Å². The fraction of sp³-hybridized carbons (Fsp3) is 0.474. The minimum Gasteiger partial charge on any atom is -0.351 e. The van der Waals surface area contributed by atoms with Gasteiger partial charge in [0.25, 0.3) is 5.91 Å². The Kier molecular flexibility index (Phi) is 7.64. The van der Waals surface area contributed by atoms with Crippen LogP contribution >= 0.6 is 12.4 Å². The molecule has 138 valence electrons. The van der Waals surface area contributed by atoms with E-state index in [1.165, 1.54) is 5.56 Å². The lowest BCUT2D eigenvalue weighted by Crippen LogP contribution is -2.32. The third-order valence-electron chi connectivity index (χ3n) is 3.81. The maximum Gasteiger partial charge on any atom is 0.254 e. The Morgan fingerprint density at radius 1 is 1.16 bits per heavy atom. The van der Waals surface area contributed by atoms with Crippen LogP contribution in [0.3, 0.4) is 0 Å². The number of hydrogen-bond acceptors (Lipinski definition) is 3. The molecule has 0 aliphatic heterocycles. The molecule has 0 atom stereocenters. The quantitative estimate of drug-likeness (QED) is 0.773. The zero-order valence-electron chi connectivity index (χ0n) is 15.7. The lowest BCUT2D eigenvalue weighted by molar-refractivity contribution is 0.0951. The van der Waals surface area contributed by atoms with E-state index in [4.69, 9.17) is 0 Å². The van der Waals surface area contributed by atoms with E-state index in [0.29, 0.717) is 12.1 Å². The van der Waals surface area contributed by atoms with Gasteiger partial charge in [0, 0.05) is 24.7 Å². The topological polar surface area (TPSA) is 58.9 Å².